The summed E-state index contributed by atoms with van der Waals surface area (Å²) in [4.78, 5) is 4.63. The van der Waals surface area contributed by atoms with E-state index in [9.17, 15) is 0 Å². The summed E-state index contributed by atoms with van der Waals surface area (Å²) in [6, 6.07) is 5.22. The van der Waals surface area contributed by atoms with Crippen LogP contribution in [0.1, 0.15) is 5.56 Å². The fraction of sp³-hybridized carbons (Fsp3) is 0.111. The van der Waals surface area contributed by atoms with Gasteiger partial charge in [0.2, 0.25) is 0 Å². The van der Waals surface area contributed by atoms with Gasteiger partial charge in [-0.1, -0.05) is 29.3 Å². The molecule has 0 aliphatic carbocycles. The second-order valence-electron chi connectivity index (χ2n) is 2.58. The lowest BCUT2D eigenvalue weighted by Crippen LogP contribution is -2.17. The maximum absolute atomic E-state index is 5.82. The molecule has 0 aliphatic rings. The van der Waals surface area contributed by atoms with Gasteiger partial charge >= 0.3 is 0 Å². The number of nitrogens with two attached hydrogens (primary N) is 1. The van der Waals surface area contributed by atoms with Crippen molar-refractivity contribution in [3.8, 4) is 0 Å². The zero-order chi connectivity index (χ0) is 10.6. The average molecular weight is 233 g/mol. The van der Waals surface area contributed by atoms with Gasteiger partial charge in [0.1, 0.15) is 5.82 Å². The smallest absolute Gasteiger partial charge is 0.121 e. The number of hydrogen-bond acceptors (Lipinski definition) is 3. The lowest BCUT2D eigenvalue weighted by atomic mass is 10.2. The molecular formula is C9H10Cl2N2O. The Balaban J connectivity index is 2.87. The maximum Gasteiger partial charge on any atom is 0.121 e. The van der Waals surface area contributed by atoms with Crippen LogP contribution in [-0.2, 0) is 4.84 Å². The number of hydrogen-bond donors (Lipinski definition) is 2. The van der Waals surface area contributed by atoms with Crippen molar-refractivity contribution in [3.05, 3.63) is 39.6 Å². The van der Waals surface area contributed by atoms with Crippen LogP contribution in [0.2, 0.25) is 10.0 Å². The molecule has 0 saturated heterocycles. The number of nitrogens with one attached hydrogen (secondary N) is 1. The molecular weight excluding hydrogens is 223 g/mol. The van der Waals surface area contributed by atoms with E-state index in [1.54, 1.807) is 24.3 Å². The lowest BCUT2D eigenvalue weighted by Gasteiger charge is -2.03. The van der Waals surface area contributed by atoms with E-state index in [0.717, 1.165) is 5.56 Å². The summed E-state index contributed by atoms with van der Waals surface area (Å²) in [5.74, 6) is 0.394. The molecule has 1 aromatic carbocycles. The van der Waals surface area contributed by atoms with E-state index in [1.807, 2.05) is 0 Å². The summed E-state index contributed by atoms with van der Waals surface area (Å²) in [5, 5.41) is 1.01. The molecule has 1 aromatic rings. The van der Waals surface area contributed by atoms with Crippen LogP contribution >= 0.6 is 23.2 Å². The Bertz CT molecular complexity index is 353. The summed E-state index contributed by atoms with van der Waals surface area (Å²) < 4.78 is 0. The van der Waals surface area contributed by atoms with Crippen molar-refractivity contribution in [2.24, 2.45) is 5.73 Å². The summed E-state index contributed by atoms with van der Waals surface area (Å²) in [7, 11) is 1.48. The molecule has 0 saturated carbocycles. The highest BCUT2D eigenvalue weighted by Gasteiger charge is 1.97. The number of rotatable bonds is 3. The highest BCUT2D eigenvalue weighted by atomic mass is 35.5. The van der Waals surface area contributed by atoms with Crippen LogP contribution in [0, 0.1) is 0 Å². The van der Waals surface area contributed by atoms with E-state index in [0.29, 0.717) is 15.9 Å². The van der Waals surface area contributed by atoms with Gasteiger partial charge in [-0.2, -0.15) is 0 Å². The minimum atomic E-state index is 0.394. The van der Waals surface area contributed by atoms with Crippen molar-refractivity contribution in [1.82, 2.24) is 5.48 Å². The lowest BCUT2D eigenvalue weighted by molar-refractivity contribution is 0.117. The Labute approximate surface area is 92.4 Å². The molecule has 76 valence electrons. The molecule has 14 heavy (non-hydrogen) atoms. The average Bonchev–Trinajstić information content (AvgIpc) is 2.12. The van der Waals surface area contributed by atoms with Crippen molar-refractivity contribution < 1.29 is 4.84 Å². The predicted molar refractivity (Wildman–Crippen MR) is 58.8 cm³/mol. The zero-order valence-electron chi connectivity index (χ0n) is 7.55. The monoisotopic (exact) mass is 232 g/mol. The maximum atomic E-state index is 5.82. The molecule has 0 aromatic heterocycles. The van der Waals surface area contributed by atoms with E-state index >= 15 is 0 Å². The van der Waals surface area contributed by atoms with Crippen LogP contribution in [0.15, 0.2) is 24.0 Å². The quantitative estimate of drug-likeness (QED) is 0.788. The Morgan fingerprint density at radius 2 is 2.14 bits per heavy atom. The van der Waals surface area contributed by atoms with Crippen molar-refractivity contribution in [3.63, 3.8) is 0 Å². The number of benzene rings is 1. The summed E-state index contributed by atoms with van der Waals surface area (Å²) in [6.07, 6.45) is 1.69. The third-order valence-electron chi connectivity index (χ3n) is 1.49. The second kappa shape index (κ2) is 5.10. The first kappa shape index (κ1) is 11.2. The molecule has 0 fully saturated rings. The second-order valence-corrected chi connectivity index (χ2v) is 3.39. The SMILES string of the molecule is CON/C(N)=C/c1ccc(Cl)c(Cl)c1. The van der Waals surface area contributed by atoms with Gasteiger partial charge in [0.25, 0.3) is 0 Å². The Morgan fingerprint density at radius 3 is 2.71 bits per heavy atom. The molecule has 0 heterocycles. The molecule has 0 amide bonds. The zero-order valence-corrected chi connectivity index (χ0v) is 9.06. The van der Waals surface area contributed by atoms with Crippen LogP contribution in [0.5, 0.6) is 0 Å². The fourth-order valence-corrected chi connectivity index (χ4v) is 1.24. The molecule has 0 aliphatic heterocycles. The van der Waals surface area contributed by atoms with Gasteiger partial charge in [-0.3, -0.25) is 10.3 Å². The van der Waals surface area contributed by atoms with E-state index < -0.39 is 0 Å². The highest BCUT2D eigenvalue weighted by molar-refractivity contribution is 6.42. The third-order valence-corrected chi connectivity index (χ3v) is 2.22. The predicted octanol–water partition coefficient (Wildman–Crippen LogP) is 2.40. The molecule has 0 unspecified atom stereocenters. The molecule has 0 bridgehead atoms. The van der Waals surface area contributed by atoms with Crippen molar-refractivity contribution >= 4 is 29.3 Å². The van der Waals surface area contributed by atoms with Gasteiger partial charge < -0.3 is 5.73 Å². The van der Waals surface area contributed by atoms with Gasteiger partial charge in [0.05, 0.1) is 17.2 Å². The van der Waals surface area contributed by atoms with Gasteiger partial charge in [0, 0.05) is 0 Å². The topological polar surface area (TPSA) is 47.3 Å². The van der Waals surface area contributed by atoms with E-state index in [1.165, 1.54) is 7.11 Å². The highest BCUT2D eigenvalue weighted by Crippen LogP contribution is 2.23. The van der Waals surface area contributed by atoms with Gasteiger partial charge in [-0.15, -0.1) is 0 Å². The fourth-order valence-electron chi connectivity index (χ4n) is 0.929. The van der Waals surface area contributed by atoms with Crippen LogP contribution in [0.3, 0.4) is 0 Å². The largest absolute Gasteiger partial charge is 0.384 e. The van der Waals surface area contributed by atoms with Gasteiger partial charge in [0.15, 0.2) is 0 Å². The Hall–Kier alpha value is -0.900. The van der Waals surface area contributed by atoms with Crippen molar-refractivity contribution in [1.29, 1.82) is 0 Å². The summed E-state index contributed by atoms with van der Waals surface area (Å²) in [5.41, 5.74) is 8.89. The molecule has 3 N–H and O–H groups in total. The van der Waals surface area contributed by atoms with E-state index in [4.69, 9.17) is 28.9 Å². The first-order valence-corrected chi connectivity index (χ1v) is 4.60. The standard InChI is InChI=1S/C9H10Cl2N2O/c1-14-13-9(12)5-6-2-3-7(10)8(11)4-6/h2-5,13H,12H2,1H3/b9-5+. The molecule has 3 nitrogen and oxygen atoms in total. The van der Waals surface area contributed by atoms with Gasteiger partial charge in [-0.05, 0) is 23.8 Å². The van der Waals surface area contributed by atoms with Gasteiger partial charge in [-0.25, -0.2) is 0 Å². The number of hydroxylamine groups is 1. The van der Waals surface area contributed by atoms with Crippen LogP contribution in [0.25, 0.3) is 6.08 Å². The third kappa shape index (κ3) is 3.10. The molecule has 0 atom stereocenters. The van der Waals surface area contributed by atoms with Crippen LogP contribution in [0.4, 0.5) is 0 Å². The molecule has 5 heteroatoms. The number of halogens is 2. The Morgan fingerprint density at radius 1 is 1.43 bits per heavy atom. The van der Waals surface area contributed by atoms with Crippen molar-refractivity contribution in [2.45, 2.75) is 0 Å². The van der Waals surface area contributed by atoms with E-state index in [2.05, 4.69) is 10.3 Å². The minimum absolute atomic E-state index is 0.394. The summed E-state index contributed by atoms with van der Waals surface area (Å²) in [6.45, 7) is 0. The van der Waals surface area contributed by atoms with Crippen LogP contribution in [-0.4, -0.2) is 7.11 Å². The minimum Gasteiger partial charge on any atom is -0.384 e. The normalized spacial score (nSPS) is 11.5. The first-order valence-electron chi connectivity index (χ1n) is 3.84. The Kier molecular flexibility index (Phi) is 4.07. The molecule has 0 radical (unpaired) electrons. The summed E-state index contributed by atoms with van der Waals surface area (Å²) >= 11 is 11.6. The first-order chi connectivity index (χ1) is 6.63. The van der Waals surface area contributed by atoms with Crippen molar-refractivity contribution in [2.75, 3.05) is 7.11 Å². The van der Waals surface area contributed by atoms with E-state index in [-0.39, 0.29) is 0 Å². The molecule has 1 rings (SSSR count). The molecule has 0 spiro atoms. The van der Waals surface area contributed by atoms with Crippen LogP contribution < -0.4 is 11.2 Å².